The maximum atomic E-state index is 11.0. The first-order valence-corrected chi connectivity index (χ1v) is 8.03. The Kier molecular flexibility index (Phi) is 6.39. The quantitative estimate of drug-likeness (QED) is 0.477. The standard InChI is InChI=1S/C17H17N3O3S/c1-23-15-8-7-13(16(21)22)9-14(15)10-19-20-17(18)24-11-12-5-3-2-4-6-12/h2-10H,11H2,1H3,(H2,18,20)(H,21,22). The van der Waals surface area contributed by atoms with Gasteiger partial charge < -0.3 is 15.6 Å². The van der Waals surface area contributed by atoms with E-state index in [1.54, 1.807) is 6.07 Å². The third-order valence-corrected chi connectivity index (χ3v) is 3.91. The lowest BCUT2D eigenvalue weighted by atomic mass is 10.1. The fourth-order valence-corrected chi connectivity index (χ4v) is 2.49. The minimum Gasteiger partial charge on any atom is -0.496 e. The van der Waals surface area contributed by atoms with Crippen LogP contribution in [0.3, 0.4) is 0 Å². The van der Waals surface area contributed by atoms with Gasteiger partial charge in [0.15, 0.2) is 5.17 Å². The summed E-state index contributed by atoms with van der Waals surface area (Å²) < 4.78 is 5.17. The van der Waals surface area contributed by atoms with Crippen molar-refractivity contribution >= 4 is 29.1 Å². The predicted molar refractivity (Wildman–Crippen MR) is 96.9 cm³/mol. The lowest BCUT2D eigenvalue weighted by Crippen LogP contribution is -2.06. The van der Waals surface area contributed by atoms with Crippen LogP contribution < -0.4 is 10.5 Å². The Morgan fingerprint density at radius 1 is 1.29 bits per heavy atom. The first-order valence-electron chi connectivity index (χ1n) is 7.04. The van der Waals surface area contributed by atoms with E-state index >= 15 is 0 Å². The number of hydrogen-bond donors (Lipinski definition) is 2. The molecular formula is C17H17N3O3S. The Morgan fingerprint density at radius 2 is 2.04 bits per heavy atom. The molecular weight excluding hydrogens is 326 g/mol. The molecule has 0 atom stereocenters. The summed E-state index contributed by atoms with van der Waals surface area (Å²) in [6.07, 6.45) is 1.42. The van der Waals surface area contributed by atoms with Crippen molar-refractivity contribution in [2.75, 3.05) is 7.11 Å². The predicted octanol–water partition coefficient (Wildman–Crippen LogP) is 2.98. The number of carbonyl (C=O) groups is 1. The summed E-state index contributed by atoms with van der Waals surface area (Å²) in [5.74, 6) is 0.187. The summed E-state index contributed by atoms with van der Waals surface area (Å²) in [4.78, 5) is 11.0. The molecule has 2 aromatic carbocycles. The molecule has 6 nitrogen and oxygen atoms in total. The van der Waals surface area contributed by atoms with E-state index in [0.717, 1.165) is 5.56 Å². The molecule has 0 saturated heterocycles. The molecule has 0 heterocycles. The molecule has 0 saturated carbocycles. The summed E-state index contributed by atoms with van der Waals surface area (Å²) in [6, 6.07) is 14.4. The maximum Gasteiger partial charge on any atom is 0.335 e. The van der Waals surface area contributed by atoms with Crippen LogP contribution in [0.4, 0.5) is 0 Å². The summed E-state index contributed by atoms with van der Waals surface area (Å²) >= 11 is 1.37. The number of aromatic carboxylic acids is 1. The number of ether oxygens (including phenoxy) is 1. The summed E-state index contributed by atoms with van der Waals surface area (Å²) in [5.41, 5.74) is 7.61. The zero-order valence-corrected chi connectivity index (χ0v) is 13.9. The van der Waals surface area contributed by atoms with Crippen LogP contribution in [0.25, 0.3) is 0 Å². The van der Waals surface area contributed by atoms with Gasteiger partial charge in [-0.05, 0) is 23.8 Å². The van der Waals surface area contributed by atoms with Crippen LogP contribution in [0.5, 0.6) is 5.75 Å². The van der Waals surface area contributed by atoms with Crippen molar-refractivity contribution in [2.24, 2.45) is 15.9 Å². The van der Waals surface area contributed by atoms with Crippen molar-refractivity contribution in [1.29, 1.82) is 0 Å². The molecule has 0 spiro atoms. The summed E-state index contributed by atoms with van der Waals surface area (Å²) in [5, 5.41) is 17.2. The number of nitrogens with zero attached hydrogens (tertiary/aromatic N) is 2. The minimum absolute atomic E-state index is 0.146. The van der Waals surface area contributed by atoms with Gasteiger partial charge in [0.05, 0.1) is 18.9 Å². The van der Waals surface area contributed by atoms with Gasteiger partial charge in [0.1, 0.15) is 5.75 Å². The van der Waals surface area contributed by atoms with Gasteiger partial charge in [-0.15, -0.1) is 5.10 Å². The minimum atomic E-state index is -1.02. The number of amidine groups is 1. The SMILES string of the molecule is COc1ccc(C(=O)O)cc1C=NN=C(N)SCc1ccccc1. The number of hydrogen-bond acceptors (Lipinski definition) is 5. The van der Waals surface area contributed by atoms with Crippen LogP contribution in [0.1, 0.15) is 21.5 Å². The van der Waals surface area contributed by atoms with Crippen LogP contribution in [0, 0.1) is 0 Å². The Labute approximate surface area is 144 Å². The molecule has 2 rings (SSSR count). The van der Waals surface area contributed by atoms with Crippen molar-refractivity contribution in [2.45, 2.75) is 5.75 Å². The highest BCUT2D eigenvalue weighted by Crippen LogP contribution is 2.18. The summed E-state index contributed by atoms with van der Waals surface area (Å²) in [6.45, 7) is 0. The van der Waals surface area contributed by atoms with Crippen molar-refractivity contribution in [3.8, 4) is 5.75 Å². The van der Waals surface area contributed by atoms with Crippen LogP contribution in [-0.2, 0) is 5.75 Å². The monoisotopic (exact) mass is 343 g/mol. The van der Waals surface area contributed by atoms with Crippen molar-refractivity contribution < 1.29 is 14.6 Å². The topological polar surface area (TPSA) is 97.3 Å². The second-order valence-electron chi connectivity index (χ2n) is 4.72. The lowest BCUT2D eigenvalue weighted by molar-refractivity contribution is 0.0697. The molecule has 0 amide bonds. The molecule has 0 aliphatic heterocycles. The number of rotatable bonds is 6. The zero-order chi connectivity index (χ0) is 17.4. The number of carboxylic acids is 1. The van der Waals surface area contributed by atoms with E-state index in [9.17, 15) is 4.79 Å². The maximum absolute atomic E-state index is 11.0. The highest BCUT2D eigenvalue weighted by molar-refractivity contribution is 8.13. The average molecular weight is 343 g/mol. The fraction of sp³-hybridized carbons (Fsp3) is 0.118. The van der Waals surface area contributed by atoms with E-state index < -0.39 is 5.97 Å². The molecule has 0 aliphatic rings. The Morgan fingerprint density at radius 3 is 2.71 bits per heavy atom. The molecule has 124 valence electrons. The first kappa shape index (κ1) is 17.6. The normalized spacial score (nSPS) is 11.6. The van der Waals surface area contributed by atoms with E-state index in [0.29, 0.717) is 22.2 Å². The van der Waals surface area contributed by atoms with Gasteiger partial charge in [-0.2, -0.15) is 5.10 Å². The first-order chi connectivity index (χ1) is 11.6. The van der Waals surface area contributed by atoms with E-state index in [-0.39, 0.29) is 5.56 Å². The second-order valence-corrected chi connectivity index (χ2v) is 5.71. The van der Waals surface area contributed by atoms with Crippen LogP contribution >= 0.6 is 11.8 Å². The highest BCUT2D eigenvalue weighted by atomic mass is 32.2. The smallest absolute Gasteiger partial charge is 0.335 e. The molecule has 0 bridgehead atoms. The van der Waals surface area contributed by atoms with Crippen molar-refractivity contribution in [3.05, 3.63) is 65.2 Å². The average Bonchev–Trinajstić information content (AvgIpc) is 2.60. The van der Waals surface area contributed by atoms with E-state index in [4.69, 9.17) is 15.6 Å². The molecule has 24 heavy (non-hydrogen) atoms. The van der Waals surface area contributed by atoms with E-state index in [1.807, 2.05) is 30.3 Å². The highest BCUT2D eigenvalue weighted by Gasteiger charge is 2.07. The zero-order valence-electron chi connectivity index (χ0n) is 13.0. The van der Waals surface area contributed by atoms with Crippen LogP contribution in [0.15, 0.2) is 58.7 Å². The number of carboxylic acid groups (broad SMARTS) is 1. The number of thioether (sulfide) groups is 1. The Balaban J connectivity index is 2.04. The second kappa shape index (κ2) is 8.73. The molecule has 0 radical (unpaired) electrons. The van der Waals surface area contributed by atoms with E-state index in [2.05, 4.69) is 10.2 Å². The molecule has 7 heteroatoms. The fourth-order valence-electron chi connectivity index (χ4n) is 1.88. The molecule has 0 aromatic heterocycles. The Hall–Kier alpha value is -2.80. The van der Waals surface area contributed by atoms with Crippen molar-refractivity contribution in [1.82, 2.24) is 0 Å². The van der Waals surface area contributed by atoms with Crippen LogP contribution in [0.2, 0.25) is 0 Å². The molecule has 0 aliphatic carbocycles. The largest absolute Gasteiger partial charge is 0.496 e. The third kappa shape index (κ3) is 5.13. The number of methoxy groups -OCH3 is 1. The van der Waals surface area contributed by atoms with Gasteiger partial charge in [0.25, 0.3) is 0 Å². The molecule has 3 N–H and O–H groups in total. The van der Waals surface area contributed by atoms with Gasteiger partial charge in [-0.1, -0.05) is 42.1 Å². The van der Waals surface area contributed by atoms with Gasteiger partial charge in [-0.25, -0.2) is 4.79 Å². The lowest BCUT2D eigenvalue weighted by Gasteiger charge is -2.04. The van der Waals surface area contributed by atoms with Crippen LogP contribution in [-0.4, -0.2) is 29.6 Å². The van der Waals surface area contributed by atoms with Crippen molar-refractivity contribution in [3.63, 3.8) is 0 Å². The Bertz CT molecular complexity index is 761. The van der Waals surface area contributed by atoms with Gasteiger partial charge in [-0.3, -0.25) is 0 Å². The number of nitrogens with two attached hydrogens (primary N) is 1. The van der Waals surface area contributed by atoms with Gasteiger partial charge in [0.2, 0.25) is 0 Å². The van der Waals surface area contributed by atoms with E-state index in [1.165, 1.54) is 37.2 Å². The molecule has 0 fully saturated rings. The summed E-state index contributed by atoms with van der Waals surface area (Å²) in [7, 11) is 1.50. The third-order valence-electron chi connectivity index (χ3n) is 3.06. The molecule has 0 unspecified atom stereocenters. The molecule has 2 aromatic rings. The van der Waals surface area contributed by atoms with Gasteiger partial charge in [0, 0.05) is 11.3 Å². The number of benzene rings is 2. The van der Waals surface area contributed by atoms with Gasteiger partial charge >= 0.3 is 5.97 Å².